The molecular weight excluding hydrogens is 204 g/mol. The Labute approximate surface area is 96.4 Å². The highest BCUT2D eigenvalue weighted by molar-refractivity contribution is 5.65. The zero-order chi connectivity index (χ0) is 11.8. The fourth-order valence-electron chi connectivity index (χ4n) is 1.44. The second-order valence-electron chi connectivity index (χ2n) is 3.65. The summed E-state index contributed by atoms with van der Waals surface area (Å²) in [4.78, 5) is 10.5. The quantitative estimate of drug-likeness (QED) is 0.511. The smallest absolute Gasteiger partial charge is 0.302 e. The van der Waals surface area contributed by atoms with E-state index in [9.17, 15) is 4.79 Å². The zero-order valence-electron chi connectivity index (χ0n) is 9.65. The van der Waals surface area contributed by atoms with E-state index in [0.717, 1.165) is 18.4 Å². The summed E-state index contributed by atoms with van der Waals surface area (Å²) in [5, 5.41) is 0. The molecule has 0 radical (unpaired) electrons. The Morgan fingerprint density at radius 3 is 3.12 bits per heavy atom. The molecule has 88 valence electrons. The second kappa shape index (κ2) is 7.01. The summed E-state index contributed by atoms with van der Waals surface area (Å²) in [5.74, 6) is -0.248. The van der Waals surface area contributed by atoms with Crippen LogP contribution in [0.3, 0.4) is 0 Å². The normalized spacial score (nSPS) is 19.8. The molecule has 0 saturated carbocycles. The standard InChI is InChI=1S/C13H18O3/c1-3-12-9-13(16-10-12)7-5-4-6-8-15-11(2)14/h3-4,6,9,13H,1,5,7-8,10H2,2H3/b6-4+. The van der Waals surface area contributed by atoms with Gasteiger partial charge in [-0.15, -0.1) is 0 Å². The van der Waals surface area contributed by atoms with Crippen LogP contribution < -0.4 is 0 Å². The van der Waals surface area contributed by atoms with Gasteiger partial charge >= 0.3 is 5.97 Å². The van der Waals surface area contributed by atoms with Gasteiger partial charge in [0.2, 0.25) is 0 Å². The van der Waals surface area contributed by atoms with Crippen molar-refractivity contribution in [2.24, 2.45) is 0 Å². The van der Waals surface area contributed by atoms with Gasteiger partial charge in [0.25, 0.3) is 0 Å². The summed E-state index contributed by atoms with van der Waals surface area (Å²) in [6, 6.07) is 0. The number of carbonyl (C=O) groups excluding carboxylic acids is 1. The van der Waals surface area contributed by atoms with Gasteiger partial charge in [-0.3, -0.25) is 4.79 Å². The average molecular weight is 222 g/mol. The molecule has 0 bridgehead atoms. The fraction of sp³-hybridized carbons (Fsp3) is 0.462. The van der Waals surface area contributed by atoms with Crippen LogP contribution in [-0.4, -0.2) is 25.3 Å². The highest BCUT2D eigenvalue weighted by Gasteiger charge is 2.12. The maximum atomic E-state index is 10.5. The monoisotopic (exact) mass is 222 g/mol. The van der Waals surface area contributed by atoms with Crippen molar-refractivity contribution in [1.29, 1.82) is 0 Å². The van der Waals surface area contributed by atoms with Crippen molar-refractivity contribution in [3.8, 4) is 0 Å². The first-order valence-electron chi connectivity index (χ1n) is 5.45. The number of allylic oxidation sites excluding steroid dienone is 1. The molecule has 1 aliphatic rings. The summed E-state index contributed by atoms with van der Waals surface area (Å²) < 4.78 is 10.3. The van der Waals surface area contributed by atoms with Gasteiger partial charge in [-0.1, -0.05) is 30.9 Å². The van der Waals surface area contributed by atoms with Gasteiger partial charge in [0.05, 0.1) is 12.7 Å². The van der Waals surface area contributed by atoms with Crippen LogP contribution in [-0.2, 0) is 14.3 Å². The number of ether oxygens (including phenoxy) is 2. The lowest BCUT2D eigenvalue weighted by atomic mass is 10.1. The van der Waals surface area contributed by atoms with E-state index in [1.54, 1.807) is 0 Å². The minimum Gasteiger partial charge on any atom is -0.462 e. The third-order valence-corrected chi connectivity index (χ3v) is 2.29. The molecule has 1 atom stereocenters. The van der Waals surface area contributed by atoms with Crippen molar-refractivity contribution < 1.29 is 14.3 Å². The largest absolute Gasteiger partial charge is 0.462 e. The van der Waals surface area contributed by atoms with Gasteiger partial charge in [0.1, 0.15) is 6.61 Å². The molecule has 0 aromatic rings. The number of esters is 1. The molecule has 3 nitrogen and oxygen atoms in total. The Balaban J connectivity index is 2.09. The van der Waals surface area contributed by atoms with Crippen molar-refractivity contribution in [3.05, 3.63) is 36.5 Å². The molecule has 0 aliphatic carbocycles. The Kier molecular flexibility index (Phi) is 5.57. The molecule has 3 heteroatoms. The summed E-state index contributed by atoms with van der Waals surface area (Å²) >= 11 is 0. The molecule has 0 saturated heterocycles. The molecule has 0 N–H and O–H groups in total. The van der Waals surface area contributed by atoms with E-state index >= 15 is 0 Å². The SMILES string of the molecule is C=CC1=CC(CC/C=C/COC(C)=O)OC1. The highest BCUT2D eigenvalue weighted by Crippen LogP contribution is 2.16. The molecule has 16 heavy (non-hydrogen) atoms. The first-order valence-corrected chi connectivity index (χ1v) is 5.45. The van der Waals surface area contributed by atoms with Crippen LogP contribution >= 0.6 is 0 Å². The molecule has 0 aromatic carbocycles. The van der Waals surface area contributed by atoms with E-state index in [1.165, 1.54) is 6.92 Å². The van der Waals surface area contributed by atoms with Crippen molar-refractivity contribution >= 4 is 5.97 Å². The average Bonchev–Trinajstić information content (AvgIpc) is 2.70. The van der Waals surface area contributed by atoms with E-state index < -0.39 is 0 Å². The van der Waals surface area contributed by atoms with Crippen molar-refractivity contribution in [2.75, 3.05) is 13.2 Å². The molecule has 1 unspecified atom stereocenters. The number of hydrogen-bond donors (Lipinski definition) is 0. The van der Waals surface area contributed by atoms with Crippen molar-refractivity contribution in [3.63, 3.8) is 0 Å². The van der Waals surface area contributed by atoms with Crippen LogP contribution in [0.5, 0.6) is 0 Å². The van der Waals surface area contributed by atoms with E-state index in [0.29, 0.717) is 13.2 Å². The minimum atomic E-state index is -0.248. The minimum absolute atomic E-state index is 0.200. The van der Waals surface area contributed by atoms with Crippen molar-refractivity contribution in [2.45, 2.75) is 25.9 Å². The first kappa shape index (κ1) is 12.7. The molecular formula is C13H18O3. The molecule has 1 heterocycles. The Hall–Kier alpha value is -1.35. The van der Waals surface area contributed by atoms with E-state index in [2.05, 4.69) is 12.7 Å². The molecule has 0 amide bonds. The zero-order valence-corrected chi connectivity index (χ0v) is 9.65. The molecule has 0 fully saturated rings. The van der Waals surface area contributed by atoms with Crippen LogP contribution in [0.15, 0.2) is 36.5 Å². The number of hydrogen-bond acceptors (Lipinski definition) is 3. The van der Waals surface area contributed by atoms with Crippen LogP contribution in [0.2, 0.25) is 0 Å². The maximum absolute atomic E-state index is 10.5. The molecule has 1 rings (SSSR count). The van der Waals surface area contributed by atoms with Gasteiger partial charge < -0.3 is 9.47 Å². The van der Waals surface area contributed by atoms with Gasteiger partial charge in [-0.25, -0.2) is 0 Å². The molecule has 0 aromatic heterocycles. The highest BCUT2D eigenvalue weighted by atomic mass is 16.5. The molecule has 0 spiro atoms. The number of rotatable bonds is 6. The first-order chi connectivity index (χ1) is 7.72. The van der Waals surface area contributed by atoms with Crippen LogP contribution in [0, 0.1) is 0 Å². The summed E-state index contributed by atoms with van der Waals surface area (Å²) in [6.07, 6.45) is 9.87. The third kappa shape index (κ3) is 4.94. The topological polar surface area (TPSA) is 35.5 Å². The Bertz CT molecular complexity index is 302. The van der Waals surface area contributed by atoms with Crippen LogP contribution in [0.1, 0.15) is 19.8 Å². The van der Waals surface area contributed by atoms with E-state index in [4.69, 9.17) is 9.47 Å². The summed E-state index contributed by atoms with van der Waals surface area (Å²) in [6.45, 7) is 6.14. The predicted molar refractivity (Wildman–Crippen MR) is 63.0 cm³/mol. The van der Waals surface area contributed by atoms with Gasteiger partial charge in [0, 0.05) is 6.92 Å². The van der Waals surface area contributed by atoms with E-state index in [-0.39, 0.29) is 12.1 Å². The summed E-state index contributed by atoms with van der Waals surface area (Å²) in [5.41, 5.74) is 1.16. The van der Waals surface area contributed by atoms with Crippen LogP contribution in [0.4, 0.5) is 0 Å². The van der Waals surface area contributed by atoms with Crippen molar-refractivity contribution in [1.82, 2.24) is 0 Å². The van der Waals surface area contributed by atoms with Crippen LogP contribution in [0.25, 0.3) is 0 Å². The number of carbonyl (C=O) groups is 1. The van der Waals surface area contributed by atoms with Gasteiger partial charge in [0.15, 0.2) is 0 Å². The Morgan fingerprint density at radius 1 is 1.69 bits per heavy atom. The Morgan fingerprint density at radius 2 is 2.50 bits per heavy atom. The third-order valence-electron chi connectivity index (χ3n) is 2.29. The predicted octanol–water partition coefficient (Wildman–Crippen LogP) is 2.40. The summed E-state index contributed by atoms with van der Waals surface area (Å²) in [7, 11) is 0. The second-order valence-corrected chi connectivity index (χ2v) is 3.65. The van der Waals surface area contributed by atoms with Gasteiger partial charge in [-0.2, -0.15) is 0 Å². The van der Waals surface area contributed by atoms with E-state index in [1.807, 2.05) is 18.2 Å². The lowest BCUT2D eigenvalue weighted by Gasteiger charge is -2.04. The lowest BCUT2D eigenvalue weighted by Crippen LogP contribution is -2.03. The van der Waals surface area contributed by atoms with Gasteiger partial charge in [-0.05, 0) is 18.4 Å². The maximum Gasteiger partial charge on any atom is 0.302 e. The fourth-order valence-corrected chi connectivity index (χ4v) is 1.44. The lowest BCUT2D eigenvalue weighted by molar-refractivity contribution is -0.139. The molecule has 1 aliphatic heterocycles.